The summed E-state index contributed by atoms with van der Waals surface area (Å²) >= 11 is 6.44. The first-order valence-corrected chi connectivity index (χ1v) is 11.0. The molecule has 0 spiro atoms. The summed E-state index contributed by atoms with van der Waals surface area (Å²) in [6.07, 6.45) is 14.7. The molecule has 1 saturated carbocycles. The zero-order valence-electron chi connectivity index (χ0n) is 17.1. The molecule has 1 aliphatic carbocycles. The number of piperidine rings is 1. The molecule has 1 unspecified atom stereocenters. The van der Waals surface area contributed by atoms with Gasteiger partial charge >= 0.3 is 0 Å². The summed E-state index contributed by atoms with van der Waals surface area (Å²) in [5.41, 5.74) is 4.33. The van der Waals surface area contributed by atoms with Gasteiger partial charge in [0.15, 0.2) is 5.82 Å². The van der Waals surface area contributed by atoms with Crippen LogP contribution >= 0.6 is 11.6 Å². The molecule has 0 bridgehead atoms. The minimum Gasteiger partial charge on any atom is -0.372 e. The largest absolute Gasteiger partial charge is 0.372 e. The van der Waals surface area contributed by atoms with Crippen LogP contribution in [0.5, 0.6) is 0 Å². The van der Waals surface area contributed by atoms with Gasteiger partial charge in [-0.25, -0.2) is 14.5 Å². The maximum Gasteiger partial charge on any atom is 0.165 e. The third kappa shape index (κ3) is 3.93. The van der Waals surface area contributed by atoms with E-state index in [9.17, 15) is 5.26 Å². The third-order valence-corrected chi connectivity index (χ3v) is 6.34. The Morgan fingerprint density at radius 1 is 1.26 bits per heavy atom. The van der Waals surface area contributed by atoms with E-state index in [2.05, 4.69) is 31.4 Å². The van der Waals surface area contributed by atoms with E-state index < -0.39 is 0 Å². The Morgan fingerprint density at radius 2 is 2.16 bits per heavy atom. The van der Waals surface area contributed by atoms with Gasteiger partial charge in [0.25, 0.3) is 0 Å². The second-order valence-corrected chi connectivity index (χ2v) is 8.43. The van der Waals surface area contributed by atoms with Crippen LogP contribution < -0.4 is 5.32 Å². The van der Waals surface area contributed by atoms with E-state index in [0.717, 1.165) is 49.9 Å². The number of fused-ring (bicyclic) bond motifs is 1. The highest BCUT2D eigenvalue weighted by Gasteiger charge is 2.26. The lowest BCUT2D eigenvalue weighted by molar-refractivity contribution is 0.258. The molecule has 1 atom stereocenters. The van der Waals surface area contributed by atoms with Crippen molar-refractivity contribution in [2.75, 3.05) is 18.4 Å². The standard InChI is InChI=1S/C22H23ClN8/c23-18-12-26-21(17-11-27-31-10-8-25-13-20(17)31)29-22(18)28-16-5-2-9-30(14-16)19(6-7-24)15-3-1-4-15/h8,10-13,16H,1-6,9,14H2,(H,26,28,29). The topological polar surface area (TPSA) is 95.0 Å². The Labute approximate surface area is 185 Å². The molecule has 1 aliphatic heterocycles. The molecule has 158 valence electrons. The predicted molar refractivity (Wildman–Crippen MR) is 118 cm³/mol. The Balaban J connectivity index is 1.37. The number of hydrogen-bond acceptors (Lipinski definition) is 7. The Morgan fingerprint density at radius 3 is 2.97 bits per heavy atom. The molecule has 1 N–H and O–H groups in total. The fourth-order valence-corrected chi connectivity index (χ4v) is 4.46. The fraction of sp³-hybridized carbons (Fsp3) is 0.409. The van der Waals surface area contributed by atoms with Crippen molar-refractivity contribution in [2.45, 2.75) is 44.6 Å². The van der Waals surface area contributed by atoms with Crippen molar-refractivity contribution in [2.24, 2.45) is 0 Å². The number of nitriles is 1. The van der Waals surface area contributed by atoms with Crippen LogP contribution in [-0.2, 0) is 0 Å². The minimum absolute atomic E-state index is 0.203. The fourth-order valence-electron chi connectivity index (χ4n) is 4.32. The highest BCUT2D eigenvalue weighted by molar-refractivity contribution is 6.32. The maximum atomic E-state index is 9.30. The Hall–Kier alpha value is -3.18. The molecule has 1 saturated heterocycles. The van der Waals surface area contributed by atoms with Crippen molar-refractivity contribution in [3.05, 3.63) is 47.3 Å². The summed E-state index contributed by atoms with van der Waals surface area (Å²) < 4.78 is 1.75. The van der Waals surface area contributed by atoms with Crippen molar-refractivity contribution >= 4 is 22.9 Å². The number of allylic oxidation sites excluding steroid dienone is 2. The van der Waals surface area contributed by atoms with E-state index in [-0.39, 0.29) is 6.04 Å². The monoisotopic (exact) mass is 434 g/mol. The van der Waals surface area contributed by atoms with Gasteiger partial charge in [0, 0.05) is 37.2 Å². The van der Waals surface area contributed by atoms with Crippen LogP contribution in [0.25, 0.3) is 16.9 Å². The van der Waals surface area contributed by atoms with E-state index >= 15 is 0 Å². The average molecular weight is 435 g/mol. The van der Waals surface area contributed by atoms with Crippen LogP contribution in [0, 0.1) is 11.3 Å². The normalized spacial score (nSPS) is 18.5. The molecule has 0 amide bonds. The number of nitrogens with one attached hydrogen (secondary N) is 1. The molecule has 2 fully saturated rings. The van der Waals surface area contributed by atoms with Gasteiger partial charge in [0.05, 0.1) is 42.2 Å². The molecule has 8 nitrogen and oxygen atoms in total. The summed E-state index contributed by atoms with van der Waals surface area (Å²) in [5, 5.41) is 17.7. The lowest BCUT2D eigenvalue weighted by Gasteiger charge is -2.38. The number of likely N-dealkylation sites (tertiary alicyclic amines) is 1. The van der Waals surface area contributed by atoms with Crippen molar-refractivity contribution in [1.82, 2.24) is 29.5 Å². The van der Waals surface area contributed by atoms with Crippen molar-refractivity contribution in [1.29, 1.82) is 5.26 Å². The van der Waals surface area contributed by atoms with Gasteiger partial charge in [0.2, 0.25) is 0 Å². The molecule has 31 heavy (non-hydrogen) atoms. The second kappa shape index (κ2) is 8.52. The average Bonchev–Trinajstić information content (AvgIpc) is 3.18. The smallest absolute Gasteiger partial charge is 0.165 e. The van der Waals surface area contributed by atoms with Crippen LogP contribution in [0.15, 0.2) is 42.3 Å². The third-order valence-electron chi connectivity index (χ3n) is 6.07. The van der Waals surface area contributed by atoms with Crippen LogP contribution in [0.1, 0.15) is 38.5 Å². The number of nitrogens with zero attached hydrogens (tertiary/aromatic N) is 7. The summed E-state index contributed by atoms with van der Waals surface area (Å²) in [7, 11) is 0. The lowest BCUT2D eigenvalue weighted by atomic mass is 9.88. The lowest BCUT2D eigenvalue weighted by Crippen LogP contribution is -2.42. The predicted octanol–water partition coefficient (Wildman–Crippen LogP) is 4.07. The first-order valence-electron chi connectivity index (χ1n) is 10.6. The second-order valence-electron chi connectivity index (χ2n) is 8.02. The van der Waals surface area contributed by atoms with Gasteiger partial charge in [0.1, 0.15) is 10.8 Å². The van der Waals surface area contributed by atoms with E-state index in [0.29, 0.717) is 23.1 Å². The number of anilines is 1. The Kier molecular flexibility index (Phi) is 5.43. The summed E-state index contributed by atoms with van der Waals surface area (Å²) in [6.45, 7) is 1.84. The molecule has 0 radical (unpaired) electrons. The van der Waals surface area contributed by atoms with E-state index in [1.54, 1.807) is 35.5 Å². The summed E-state index contributed by atoms with van der Waals surface area (Å²) in [4.78, 5) is 15.7. The first kappa shape index (κ1) is 19.8. The zero-order valence-corrected chi connectivity index (χ0v) is 17.9. The van der Waals surface area contributed by atoms with Crippen LogP contribution in [0.4, 0.5) is 5.82 Å². The van der Waals surface area contributed by atoms with Crippen LogP contribution in [0.2, 0.25) is 5.02 Å². The maximum absolute atomic E-state index is 9.30. The minimum atomic E-state index is 0.203. The zero-order chi connectivity index (χ0) is 21.2. The van der Waals surface area contributed by atoms with Gasteiger partial charge in [-0.05, 0) is 37.7 Å². The van der Waals surface area contributed by atoms with Crippen LogP contribution in [-0.4, -0.2) is 48.6 Å². The highest BCUT2D eigenvalue weighted by Crippen LogP contribution is 2.33. The molecular formula is C22H23ClN8. The number of hydrogen-bond donors (Lipinski definition) is 1. The quantitative estimate of drug-likeness (QED) is 0.646. The van der Waals surface area contributed by atoms with Gasteiger partial charge < -0.3 is 10.2 Å². The molecule has 3 aromatic rings. The Bertz CT molecular complexity index is 1170. The molecule has 0 aromatic carbocycles. The van der Waals surface area contributed by atoms with Crippen LogP contribution in [0.3, 0.4) is 0 Å². The number of aromatic nitrogens is 5. The highest BCUT2D eigenvalue weighted by atomic mass is 35.5. The molecule has 5 rings (SSSR count). The van der Waals surface area contributed by atoms with E-state index in [1.165, 1.54) is 17.7 Å². The van der Waals surface area contributed by atoms with Crippen molar-refractivity contribution < 1.29 is 0 Å². The molecule has 9 heteroatoms. The van der Waals surface area contributed by atoms with Crippen molar-refractivity contribution in [3.63, 3.8) is 0 Å². The van der Waals surface area contributed by atoms with Gasteiger partial charge in [-0.15, -0.1) is 0 Å². The first-order chi connectivity index (χ1) is 15.2. The van der Waals surface area contributed by atoms with Crippen molar-refractivity contribution in [3.8, 4) is 17.5 Å². The molecular weight excluding hydrogens is 412 g/mol. The molecule has 4 heterocycles. The van der Waals surface area contributed by atoms with Gasteiger partial charge in [-0.3, -0.25) is 4.98 Å². The van der Waals surface area contributed by atoms with E-state index in [4.69, 9.17) is 16.6 Å². The van der Waals surface area contributed by atoms with Gasteiger partial charge in [-0.1, -0.05) is 11.6 Å². The number of halogens is 1. The number of rotatable bonds is 5. The molecule has 3 aromatic heterocycles. The summed E-state index contributed by atoms with van der Waals surface area (Å²) in [6, 6.07) is 2.55. The SMILES string of the molecule is N#CCC(=C1CCC1)N1CCCC(Nc2nc(-c3cnn4ccncc34)ncc2Cl)C1. The van der Waals surface area contributed by atoms with Gasteiger partial charge in [-0.2, -0.15) is 10.4 Å². The van der Waals surface area contributed by atoms with E-state index in [1.807, 2.05) is 0 Å². The molecule has 2 aliphatic rings. The summed E-state index contributed by atoms with van der Waals surface area (Å²) in [5.74, 6) is 1.18.